The quantitative estimate of drug-likeness (QED) is 0.631. The van der Waals surface area contributed by atoms with Crippen LogP contribution in [0.4, 0.5) is 8.78 Å². The average molecular weight is 268 g/mol. The van der Waals surface area contributed by atoms with Crippen LogP contribution >= 0.6 is 0 Å². The summed E-state index contributed by atoms with van der Waals surface area (Å²) in [4.78, 5) is 12.3. The van der Waals surface area contributed by atoms with Crippen molar-refractivity contribution in [2.45, 2.75) is 0 Å². The third kappa shape index (κ3) is 2.07. The van der Waals surface area contributed by atoms with E-state index in [1.54, 1.807) is 18.2 Å². The van der Waals surface area contributed by atoms with Gasteiger partial charge >= 0.3 is 0 Å². The molecule has 0 spiro atoms. The average Bonchev–Trinajstić information content (AvgIpc) is 2.49. The zero-order valence-electron chi connectivity index (χ0n) is 10.4. The fourth-order valence-corrected chi connectivity index (χ4v) is 2.17. The summed E-state index contributed by atoms with van der Waals surface area (Å²) in [7, 11) is 0. The van der Waals surface area contributed by atoms with Gasteiger partial charge in [0.2, 0.25) is 0 Å². The standard InChI is InChI=1S/C17H10F2O/c18-15-7-3-6-14(16(15)19)17(20)13-9-8-11-4-1-2-5-12(11)10-13/h1-10H. The molecule has 0 heterocycles. The van der Waals surface area contributed by atoms with E-state index < -0.39 is 17.4 Å². The Morgan fingerprint density at radius 2 is 1.55 bits per heavy atom. The van der Waals surface area contributed by atoms with Crippen molar-refractivity contribution in [3.63, 3.8) is 0 Å². The summed E-state index contributed by atoms with van der Waals surface area (Å²) in [6, 6.07) is 16.3. The molecule has 98 valence electrons. The van der Waals surface area contributed by atoms with E-state index in [9.17, 15) is 13.6 Å². The summed E-state index contributed by atoms with van der Waals surface area (Å²) in [5.74, 6) is -2.64. The number of rotatable bonds is 2. The maximum Gasteiger partial charge on any atom is 0.196 e. The number of hydrogen-bond acceptors (Lipinski definition) is 1. The lowest BCUT2D eigenvalue weighted by Gasteiger charge is -2.05. The minimum Gasteiger partial charge on any atom is -0.288 e. The second kappa shape index (κ2) is 4.85. The van der Waals surface area contributed by atoms with Crippen molar-refractivity contribution >= 4 is 16.6 Å². The van der Waals surface area contributed by atoms with E-state index >= 15 is 0 Å². The Bertz CT molecular complexity index is 809. The van der Waals surface area contributed by atoms with Crippen LogP contribution < -0.4 is 0 Å². The van der Waals surface area contributed by atoms with Gasteiger partial charge in [0.25, 0.3) is 0 Å². The van der Waals surface area contributed by atoms with Gasteiger partial charge in [-0.3, -0.25) is 4.79 Å². The highest BCUT2D eigenvalue weighted by Crippen LogP contribution is 2.20. The lowest BCUT2D eigenvalue weighted by Crippen LogP contribution is -2.05. The smallest absolute Gasteiger partial charge is 0.196 e. The molecule has 0 unspecified atom stereocenters. The topological polar surface area (TPSA) is 17.1 Å². The molecular formula is C17H10F2O. The number of carbonyl (C=O) groups is 1. The zero-order chi connectivity index (χ0) is 14.1. The van der Waals surface area contributed by atoms with Crippen molar-refractivity contribution < 1.29 is 13.6 Å². The fourth-order valence-electron chi connectivity index (χ4n) is 2.17. The monoisotopic (exact) mass is 268 g/mol. The molecule has 0 aliphatic carbocycles. The van der Waals surface area contributed by atoms with Crippen LogP contribution in [-0.4, -0.2) is 5.78 Å². The van der Waals surface area contributed by atoms with Crippen molar-refractivity contribution in [2.75, 3.05) is 0 Å². The van der Waals surface area contributed by atoms with Gasteiger partial charge in [-0.25, -0.2) is 8.78 Å². The highest BCUT2D eigenvalue weighted by atomic mass is 19.2. The van der Waals surface area contributed by atoms with Gasteiger partial charge in [-0.05, 0) is 29.0 Å². The third-order valence-corrected chi connectivity index (χ3v) is 3.21. The van der Waals surface area contributed by atoms with Crippen LogP contribution in [0.2, 0.25) is 0 Å². The molecule has 3 aromatic rings. The largest absolute Gasteiger partial charge is 0.288 e. The first-order valence-electron chi connectivity index (χ1n) is 6.14. The SMILES string of the molecule is O=C(c1ccc2ccccc2c1)c1cccc(F)c1F. The Labute approximate surface area is 114 Å². The summed E-state index contributed by atoms with van der Waals surface area (Å²) >= 11 is 0. The fraction of sp³-hybridized carbons (Fsp3) is 0. The van der Waals surface area contributed by atoms with E-state index in [-0.39, 0.29) is 5.56 Å². The second-order valence-corrected chi connectivity index (χ2v) is 4.49. The van der Waals surface area contributed by atoms with E-state index in [1.807, 2.05) is 24.3 Å². The molecule has 3 heteroatoms. The molecule has 3 aromatic carbocycles. The molecule has 0 amide bonds. The number of ketones is 1. The molecule has 0 bridgehead atoms. The summed E-state index contributed by atoms with van der Waals surface area (Å²) in [5, 5.41) is 1.87. The lowest BCUT2D eigenvalue weighted by atomic mass is 9.99. The molecule has 20 heavy (non-hydrogen) atoms. The van der Waals surface area contributed by atoms with E-state index in [4.69, 9.17) is 0 Å². The number of carbonyl (C=O) groups excluding carboxylic acids is 1. The Kier molecular flexibility index (Phi) is 3.03. The van der Waals surface area contributed by atoms with Gasteiger partial charge in [-0.15, -0.1) is 0 Å². The molecule has 0 saturated heterocycles. The van der Waals surface area contributed by atoms with Crippen molar-refractivity contribution in [2.24, 2.45) is 0 Å². The van der Waals surface area contributed by atoms with Crippen molar-refractivity contribution in [1.29, 1.82) is 0 Å². The number of hydrogen-bond donors (Lipinski definition) is 0. The maximum absolute atomic E-state index is 13.7. The normalized spacial score (nSPS) is 10.7. The molecule has 0 aromatic heterocycles. The summed E-state index contributed by atoms with van der Waals surface area (Å²) in [6.45, 7) is 0. The van der Waals surface area contributed by atoms with Gasteiger partial charge in [0.1, 0.15) is 0 Å². The number of fused-ring (bicyclic) bond motifs is 1. The Morgan fingerprint density at radius 3 is 2.35 bits per heavy atom. The first-order valence-corrected chi connectivity index (χ1v) is 6.14. The Hall–Kier alpha value is -2.55. The summed E-state index contributed by atoms with van der Waals surface area (Å²) < 4.78 is 26.8. The van der Waals surface area contributed by atoms with E-state index in [0.29, 0.717) is 5.56 Å². The predicted octanol–water partition coefficient (Wildman–Crippen LogP) is 4.35. The first-order chi connectivity index (χ1) is 9.66. The maximum atomic E-state index is 13.7. The van der Waals surface area contributed by atoms with Gasteiger partial charge < -0.3 is 0 Å². The molecule has 0 saturated carbocycles. The van der Waals surface area contributed by atoms with Crippen molar-refractivity contribution in [3.8, 4) is 0 Å². The first kappa shape index (κ1) is 12.5. The van der Waals surface area contributed by atoms with Crippen LogP contribution in [0.15, 0.2) is 60.7 Å². The lowest BCUT2D eigenvalue weighted by molar-refractivity contribution is 0.103. The van der Waals surface area contributed by atoms with E-state index in [0.717, 1.165) is 16.8 Å². The number of halogens is 2. The molecule has 1 nitrogen and oxygen atoms in total. The van der Waals surface area contributed by atoms with Gasteiger partial charge in [-0.2, -0.15) is 0 Å². The summed E-state index contributed by atoms with van der Waals surface area (Å²) in [5.41, 5.74) is 0.0912. The van der Waals surface area contributed by atoms with Crippen molar-refractivity contribution in [3.05, 3.63) is 83.4 Å². The number of benzene rings is 3. The van der Waals surface area contributed by atoms with Crippen LogP contribution in [0.25, 0.3) is 10.8 Å². The minimum absolute atomic E-state index is 0.250. The van der Waals surface area contributed by atoms with Crippen LogP contribution in [-0.2, 0) is 0 Å². The zero-order valence-corrected chi connectivity index (χ0v) is 10.4. The molecule has 0 atom stereocenters. The van der Waals surface area contributed by atoms with Crippen LogP contribution in [0.3, 0.4) is 0 Å². The summed E-state index contributed by atoms with van der Waals surface area (Å²) in [6.07, 6.45) is 0. The Balaban J connectivity index is 2.10. The molecule has 0 aliphatic rings. The predicted molar refractivity (Wildman–Crippen MR) is 73.7 cm³/mol. The van der Waals surface area contributed by atoms with Gasteiger partial charge in [0, 0.05) is 5.56 Å². The van der Waals surface area contributed by atoms with Crippen molar-refractivity contribution in [1.82, 2.24) is 0 Å². The molecule has 0 fully saturated rings. The van der Waals surface area contributed by atoms with Gasteiger partial charge in [-0.1, -0.05) is 42.5 Å². The Morgan fingerprint density at radius 1 is 0.800 bits per heavy atom. The van der Waals surface area contributed by atoms with Crippen LogP contribution in [0.1, 0.15) is 15.9 Å². The van der Waals surface area contributed by atoms with Gasteiger partial charge in [0.05, 0.1) is 5.56 Å². The van der Waals surface area contributed by atoms with E-state index in [1.165, 1.54) is 12.1 Å². The highest BCUT2D eigenvalue weighted by Gasteiger charge is 2.16. The second-order valence-electron chi connectivity index (χ2n) is 4.49. The molecule has 0 N–H and O–H groups in total. The molecule has 3 rings (SSSR count). The molecule has 0 radical (unpaired) electrons. The molecular weight excluding hydrogens is 258 g/mol. The van der Waals surface area contributed by atoms with E-state index in [2.05, 4.69) is 0 Å². The highest BCUT2D eigenvalue weighted by molar-refractivity contribution is 6.10. The van der Waals surface area contributed by atoms with Gasteiger partial charge in [0.15, 0.2) is 17.4 Å². The minimum atomic E-state index is -1.11. The molecule has 0 aliphatic heterocycles. The van der Waals surface area contributed by atoms with Crippen LogP contribution in [0, 0.1) is 11.6 Å². The van der Waals surface area contributed by atoms with Crippen LogP contribution in [0.5, 0.6) is 0 Å². The third-order valence-electron chi connectivity index (χ3n) is 3.21.